The molecule has 0 bridgehead atoms. The van der Waals surface area contributed by atoms with Gasteiger partial charge in [0.25, 0.3) is 0 Å². The third-order valence-corrected chi connectivity index (χ3v) is 11.4. The molecule has 0 unspecified atom stereocenters. The first-order chi connectivity index (χ1) is 21.9. The van der Waals surface area contributed by atoms with Gasteiger partial charge in [-0.05, 0) is 81.6 Å². The van der Waals surface area contributed by atoms with Crippen molar-refractivity contribution in [3.63, 3.8) is 0 Å². The fraction of sp³-hybridized carbons (Fsp3) is 0.300. The zero-order valence-corrected chi connectivity index (χ0v) is 28.7. The molecular weight excluding hydrogens is 587 g/mol. The number of hydrogen-bond acceptors (Lipinski definition) is 4. The minimum absolute atomic E-state index is 0.985. The van der Waals surface area contributed by atoms with Crippen LogP contribution in [-0.4, -0.2) is 14.5 Å². The highest BCUT2D eigenvalue weighted by atomic mass is 32.1. The molecule has 0 atom stereocenters. The molecule has 0 amide bonds. The summed E-state index contributed by atoms with van der Waals surface area (Å²) in [6, 6.07) is 27.4. The van der Waals surface area contributed by atoms with Gasteiger partial charge >= 0.3 is 0 Å². The maximum atomic E-state index is 5.11. The molecule has 0 N–H and O–H groups in total. The maximum absolute atomic E-state index is 5.11. The Labute approximate surface area is 274 Å². The van der Waals surface area contributed by atoms with Crippen molar-refractivity contribution in [3.05, 3.63) is 94.6 Å². The average molecular weight is 628 g/mol. The van der Waals surface area contributed by atoms with Gasteiger partial charge in [0.15, 0.2) is 0 Å². The normalized spacial score (nSPS) is 11.8. The molecule has 0 saturated carbocycles. The van der Waals surface area contributed by atoms with Crippen LogP contribution in [-0.2, 0) is 6.54 Å². The first-order valence-electron chi connectivity index (χ1n) is 16.4. The predicted molar refractivity (Wildman–Crippen MR) is 197 cm³/mol. The monoisotopic (exact) mass is 627 g/mol. The lowest BCUT2D eigenvalue weighted by Gasteiger charge is -2.11. The number of fused-ring (bicyclic) bond motifs is 4. The highest BCUT2D eigenvalue weighted by Gasteiger charge is 2.18. The van der Waals surface area contributed by atoms with Crippen molar-refractivity contribution in [3.8, 4) is 31.3 Å². The van der Waals surface area contributed by atoms with Crippen LogP contribution in [0.3, 0.4) is 0 Å². The Balaban J connectivity index is 1.28. The van der Waals surface area contributed by atoms with E-state index in [0.717, 1.165) is 40.1 Å². The lowest BCUT2D eigenvalue weighted by Crippen LogP contribution is -1.98. The minimum atomic E-state index is 0.985. The Bertz CT molecular complexity index is 2160. The van der Waals surface area contributed by atoms with Crippen molar-refractivity contribution >= 4 is 55.5 Å². The molecule has 4 heterocycles. The molecule has 0 aliphatic rings. The van der Waals surface area contributed by atoms with Crippen molar-refractivity contribution in [2.45, 2.75) is 79.7 Å². The van der Waals surface area contributed by atoms with Crippen molar-refractivity contribution in [2.24, 2.45) is 0 Å². The topological polar surface area (TPSA) is 30.7 Å². The SMILES string of the molecule is CCCCCCCCn1c2cc(C)ccc2c2ccc(-c3ccc(-c4ccc(-c5ccc(C)s5)c5nc(C)c(C)nc45)s3)cc21. The molecule has 7 aromatic rings. The van der Waals surface area contributed by atoms with E-state index in [0.29, 0.717) is 0 Å². The summed E-state index contributed by atoms with van der Waals surface area (Å²) in [5, 5.41) is 2.71. The number of unbranched alkanes of at least 4 members (excludes halogenated alkanes) is 5. The van der Waals surface area contributed by atoms with E-state index in [1.54, 1.807) is 0 Å². The highest BCUT2D eigenvalue weighted by molar-refractivity contribution is 7.19. The van der Waals surface area contributed by atoms with E-state index in [-0.39, 0.29) is 0 Å². The molecule has 0 spiro atoms. The summed E-state index contributed by atoms with van der Waals surface area (Å²) in [7, 11) is 0. The van der Waals surface area contributed by atoms with E-state index in [1.165, 1.54) is 91.0 Å². The third-order valence-electron chi connectivity index (χ3n) is 9.15. The summed E-state index contributed by atoms with van der Waals surface area (Å²) in [6.45, 7) is 11.8. The first kappa shape index (κ1) is 29.9. The Morgan fingerprint density at radius 1 is 0.578 bits per heavy atom. The number of benzene rings is 3. The molecule has 0 radical (unpaired) electrons. The van der Waals surface area contributed by atoms with Crippen LogP contribution in [0.1, 0.15) is 67.3 Å². The van der Waals surface area contributed by atoms with Gasteiger partial charge in [-0.1, -0.05) is 75.4 Å². The molecule has 3 aromatic carbocycles. The summed E-state index contributed by atoms with van der Waals surface area (Å²) < 4.78 is 2.58. The second kappa shape index (κ2) is 12.5. The molecular formula is C40H41N3S2. The molecule has 0 fully saturated rings. The van der Waals surface area contributed by atoms with Crippen molar-refractivity contribution < 1.29 is 0 Å². The minimum Gasteiger partial charge on any atom is -0.340 e. The largest absolute Gasteiger partial charge is 0.340 e. The number of nitrogens with zero attached hydrogens (tertiary/aromatic N) is 3. The highest BCUT2D eigenvalue weighted by Crippen LogP contribution is 2.42. The summed E-state index contributed by atoms with van der Waals surface area (Å²) in [5.41, 5.74) is 11.6. The van der Waals surface area contributed by atoms with E-state index in [9.17, 15) is 0 Å². The average Bonchev–Trinajstić information content (AvgIpc) is 3.77. The molecule has 5 heteroatoms. The quantitative estimate of drug-likeness (QED) is 0.141. The fourth-order valence-electron chi connectivity index (χ4n) is 6.57. The Morgan fingerprint density at radius 3 is 1.87 bits per heavy atom. The zero-order valence-electron chi connectivity index (χ0n) is 27.0. The van der Waals surface area contributed by atoms with E-state index in [2.05, 4.69) is 112 Å². The van der Waals surface area contributed by atoms with E-state index in [1.807, 2.05) is 22.7 Å². The van der Waals surface area contributed by atoms with Gasteiger partial charge in [-0.3, -0.25) is 0 Å². The molecule has 45 heavy (non-hydrogen) atoms. The fourth-order valence-corrected chi connectivity index (χ4v) is 8.49. The summed E-state index contributed by atoms with van der Waals surface area (Å²) in [6.07, 6.45) is 7.84. The van der Waals surface area contributed by atoms with Gasteiger partial charge in [0, 0.05) is 59.0 Å². The van der Waals surface area contributed by atoms with Gasteiger partial charge in [-0.25, -0.2) is 9.97 Å². The standard InChI is InChI=1S/C40H41N3S2/c1-6-7-8-9-10-11-22-43-34-23-25(2)12-15-30(34)31-16-14-29(24-35(31)43)36-20-21-38(45-36)33-18-17-32(37-19-13-26(3)44-37)39-40(33)42-28(5)27(4)41-39/h12-21,23-24H,6-11,22H2,1-5H3. The van der Waals surface area contributed by atoms with Gasteiger partial charge in [-0.15, -0.1) is 22.7 Å². The second-order valence-electron chi connectivity index (χ2n) is 12.5. The van der Waals surface area contributed by atoms with Crippen LogP contribution in [0, 0.1) is 27.7 Å². The van der Waals surface area contributed by atoms with Crippen molar-refractivity contribution in [2.75, 3.05) is 0 Å². The second-order valence-corrected chi connectivity index (χ2v) is 14.9. The molecule has 7 rings (SSSR count). The molecule has 228 valence electrons. The van der Waals surface area contributed by atoms with Gasteiger partial charge in [0.1, 0.15) is 0 Å². The van der Waals surface area contributed by atoms with Gasteiger partial charge in [-0.2, -0.15) is 0 Å². The third kappa shape index (κ3) is 5.73. The van der Waals surface area contributed by atoms with Crippen LogP contribution in [0.2, 0.25) is 0 Å². The Morgan fingerprint density at radius 2 is 1.18 bits per heavy atom. The lowest BCUT2D eigenvalue weighted by atomic mass is 10.0. The number of thiophene rings is 2. The van der Waals surface area contributed by atoms with Crippen LogP contribution in [0.5, 0.6) is 0 Å². The van der Waals surface area contributed by atoms with Crippen LogP contribution in [0.4, 0.5) is 0 Å². The summed E-state index contributed by atoms with van der Waals surface area (Å²) in [5.74, 6) is 0. The first-order valence-corrected chi connectivity index (χ1v) is 18.0. The smallest absolute Gasteiger partial charge is 0.0983 e. The van der Waals surface area contributed by atoms with Gasteiger partial charge < -0.3 is 4.57 Å². The Kier molecular flexibility index (Phi) is 8.32. The molecule has 0 aliphatic heterocycles. The van der Waals surface area contributed by atoms with Crippen LogP contribution < -0.4 is 0 Å². The maximum Gasteiger partial charge on any atom is 0.0983 e. The summed E-state index contributed by atoms with van der Waals surface area (Å²) in [4.78, 5) is 15.2. The molecule has 3 nitrogen and oxygen atoms in total. The van der Waals surface area contributed by atoms with Crippen LogP contribution in [0.15, 0.2) is 72.8 Å². The number of aryl methyl sites for hydroxylation is 5. The number of rotatable bonds is 10. The lowest BCUT2D eigenvalue weighted by molar-refractivity contribution is 0.571. The number of aromatic nitrogens is 3. The van der Waals surface area contributed by atoms with Crippen molar-refractivity contribution in [1.82, 2.24) is 14.5 Å². The number of hydrogen-bond donors (Lipinski definition) is 0. The Hall–Kier alpha value is -3.80. The molecule has 0 saturated heterocycles. The predicted octanol–water partition coefficient (Wildman–Crippen LogP) is 12.5. The zero-order chi connectivity index (χ0) is 31.1. The van der Waals surface area contributed by atoms with E-state index < -0.39 is 0 Å². The molecule has 0 aliphatic carbocycles. The van der Waals surface area contributed by atoms with Gasteiger partial charge in [0.2, 0.25) is 0 Å². The van der Waals surface area contributed by atoms with Crippen LogP contribution in [0.25, 0.3) is 64.2 Å². The van der Waals surface area contributed by atoms with Crippen LogP contribution >= 0.6 is 22.7 Å². The van der Waals surface area contributed by atoms with Crippen molar-refractivity contribution in [1.29, 1.82) is 0 Å². The van der Waals surface area contributed by atoms with E-state index in [4.69, 9.17) is 9.97 Å². The summed E-state index contributed by atoms with van der Waals surface area (Å²) >= 11 is 3.66. The van der Waals surface area contributed by atoms with E-state index >= 15 is 0 Å². The molecule has 4 aromatic heterocycles. The van der Waals surface area contributed by atoms with Gasteiger partial charge in [0.05, 0.1) is 22.4 Å².